The van der Waals surface area contributed by atoms with Gasteiger partial charge in [0, 0.05) is 13.2 Å². The standard InChI is InChI=1S/C10H18N4/c1-7(8-4-3-5-8)10(11)9-6-14(2)13-12-9/h6-8,10H,3-5,11H2,1-2H3. The molecular formula is C10H18N4. The Morgan fingerprint density at radius 3 is 2.71 bits per heavy atom. The zero-order valence-corrected chi connectivity index (χ0v) is 8.85. The van der Waals surface area contributed by atoms with Crippen LogP contribution in [0, 0.1) is 11.8 Å². The highest BCUT2D eigenvalue weighted by atomic mass is 15.4. The van der Waals surface area contributed by atoms with Gasteiger partial charge in [0.1, 0.15) is 0 Å². The Labute approximate surface area is 84.5 Å². The van der Waals surface area contributed by atoms with Crippen LogP contribution in [0.15, 0.2) is 6.20 Å². The number of aryl methyl sites for hydroxylation is 1. The highest BCUT2D eigenvalue weighted by molar-refractivity contribution is 5.02. The summed E-state index contributed by atoms with van der Waals surface area (Å²) in [5.41, 5.74) is 7.07. The average Bonchev–Trinajstić information content (AvgIpc) is 2.47. The summed E-state index contributed by atoms with van der Waals surface area (Å²) in [4.78, 5) is 0. The van der Waals surface area contributed by atoms with Crippen LogP contribution in [0.4, 0.5) is 0 Å². The third-order valence-electron chi connectivity index (χ3n) is 3.42. The van der Waals surface area contributed by atoms with Crippen molar-refractivity contribution in [3.63, 3.8) is 0 Å². The van der Waals surface area contributed by atoms with E-state index >= 15 is 0 Å². The van der Waals surface area contributed by atoms with Gasteiger partial charge in [-0.1, -0.05) is 31.4 Å². The van der Waals surface area contributed by atoms with Crippen LogP contribution in [0.1, 0.15) is 37.9 Å². The maximum Gasteiger partial charge on any atom is 0.0996 e. The molecule has 0 spiro atoms. The van der Waals surface area contributed by atoms with Crippen molar-refractivity contribution in [3.8, 4) is 0 Å². The second-order valence-electron chi connectivity index (χ2n) is 4.39. The lowest BCUT2D eigenvalue weighted by Crippen LogP contribution is -2.30. The normalized spacial score (nSPS) is 21.6. The van der Waals surface area contributed by atoms with Gasteiger partial charge < -0.3 is 5.73 Å². The fraction of sp³-hybridized carbons (Fsp3) is 0.800. The highest BCUT2D eigenvalue weighted by Crippen LogP contribution is 2.38. The molecule has 1 heterocycles. The van der Waals surface area contributed by atoms with Crippen LogP contribution < -0.4 is 5.73 Å². The molecule has 1 aromatic rings. The van der Waals surface area contributed by atoms with Gasteiger partial charge in [-0.05, 0) is 11.8 Å². The third kappa shape index (κ3) is 1.66. The molecule has 78 valence electrons. The van der Waals surface area contributed by atoms with E-state index in [-0.39, 0.29) is 6.04 Å². The molecule has 0 amide bonds. The molecule has 2 N–H and O–H groups in total. The molecule has 1 aromatic heterocycles. The number of nitrogens with zero attached hydrogens (tertiary/aromatic N) is 3. The Bertz CT molecular complexity index is 303. The third-order valence-corrected chi connectivity index (χ3v) is 3.42. The van der Waals surface area contributed by atoms with Gasteiger partial charge in [-0.15, -0.1) is 5.10 Å². The number of hydrogen-bond donors (Lipinski definition) is 1. The predicted octanol–water partition coefficient (Wildman–Crippen LogP) is 1.25. The predicted molar refractivity (Wildman–Crippen MR) is 54.4 cm³/mol. The number of aromatic nitrogens is 3. The van der Waals surface area contributed by atoms with E-state index in [2.05, 4.69) is 17.2 Å². The van der Waals surface area contributed by atoms with Gasteiger partial charge in [-0.25, -0.2) is 0 Å². The molecule has 0 aromatic carbocycles. The highest BCUT2D eigenvalue weighted by Gasteiger charge is 2.29. The van der Waals surface area contributed by atoms with Crippen molar-refractivity contribution in [3.05, 3.63) is 11.9 Å². The average molecular weight is 194 g/mol. The summed E-state index contributed by atoms with van der Waals surface area (Å²) < 4.78 is 1.71. The summed E-state index contributed by atoms with van der Waals surface area (Å²) in [6, 6.07) is 0.0500. The molecule has 1 aliphatic rings. The van der Waals surface area contributed by atoms with Gasteiger partial charge in [-0.2, -0.15) is 0 Å². The number of nitrogens with two attached hydrogens (primary N) is 1. The Morgan fingerprint density at radius 1 is 1.57 bits per heavy atom. The fourth-order valence-electron chi connectivity index (χ4n) is 2.05. The first-order chi connectivity index (χ1) is 6.68. The summed E-state index contributed by atoms with van der Waals surface area (Å²) in [5.74, 6) is 1.33. The summed E-state index contributed by atoms with van der Waals surface area (Å²) in [6.07, 6.45) is 5.94. The molecule has 0 bridgehead atoms. The molecule has 0 radical (unpaired) electrons. The van der Waals surface area contributed by atoms with Crippen LogP contribution in [-0.4, -0.2) is 15.0 Å². The van der Waals surface area contributed by atoms with Crippen LogP contribution in [-0.2, 0) is 7.05 Å². The lowest BCUT2D eigenvalue weighted by molar-refractivity contribution is 0.192. The van der Waals surface area contributed by atoms with Crippen molar-refractivity contribution < 1.29 is 0 Å². The van der Waals surface area contributed by atoms with E-state index in [1.807, 2.05) is 13.2 Å². The van der Waals surface area contributed by atoms with E-state index in [1.165, 1.54) is 19.3 Å². The minimum atomic E-state index is 0.0500. The maximum atomic E-state index is 6.15. The Kier molecular flexibility index (Phi) is 2.54. The van der Waals surface area contributed by atoms with Gasteiger partial charge in [0.15, 0.2) is 0 Å². The monoisotopic (exact) mass is 194 g/mol. The van der Waals surface area contributed by atoms with Gasteiger partial charge in [-0.3, -0.25) is 4.68 Å². The molecule has 0 aliphatic heterocycles. The molecule has 4 heteroatoms. The van der Waals surface area contributed by atoms with Crippen LogP contribution >= 0.6 is 0 Å². The topological polar surface area (TPSA) is 56.7 Å². The molecule has 14 heavy (non-hydrogen) atoms. The molecule has 0 saturated heterocycles. The quantitative estimate of drug-likeness (QED) is 0.788. The molecule has 4 nitrogen and oxygen atoms in total. The SMILES string of the molecule is CC(C1CCC1)C(N)c1cn(C)nn1. The maximum absolute atomic E-state index is 6.15. The van der Waals surface area contributed by atoms with Crippen molar-refractivity contribution >= 4 is 0 Å². The van der Waals surface area contributed by atoms with Crippen molar-refractivity contribution in [1.29, 1.82) is 0 Å². The Hall–Kier alpha value is -0.900. The first-order valence-electron chi connectivity index (χ1n) is 5.30. The summed E-state index contributed by atoms with van der Waals surface area (Å²) >= 11 is 0. The molecular weight excluding hydrogens is 176 g/mol. The van der Waals surface area contributed by atoms with Crippen LogP contribution in [0.25, 0.3) is 0 Å². The van der Waals surface area contributed by atoms with Crippen molar-refractivity contribution in [2.45, 2.75) is 32.2 Å². The molecule has 2 atom stereocenters. The van der Waals surface area contributed by atoms with E-state index in [9.17, 15) is 0 Å². The second-order valence-corrected chi connectivity index (χ2v) is 4.39. The van der Waals surface area contributed by atoms with Crippen LogP contribution in [0.5, 0.6) is 0 Å². The molecule has 1 saturated carbocycles. The first kappa shape index (κ1) is 9.65. The summed E-state index contributed by atoms with van der Waals surface area (Å²) in [6.45, 7) is 2.23. The fourth-order valence-corrected chi connectivity index (χ4v) is 2.05. The van der Waals surface area contributed by atoms with Gasteiger partial charge in [0.05, 0.1) is 11.7 Å². The summed E-state index contributed by atoms with van der Waals surface area (Å²) in [5, 5.41) is 7.98. The van der Waals surface area contributed by atoms with E-state index in [1.54, 1.807) is 4.68 Å². The van der Waals surface area contributed by atoms with Crippen molar-refractivity contribution in [2.75, 3.05) is 0 Å². The van der Waals surface area contributed by atoms with E-state index in [4.69, 9.17) is 5.73 Å². The lowest BCUT2D eigenvalue weighted by atomic mass is 9.73. The van der Waals surface area contributed by atoms with E-state index in [0.29, 0.717) is 5.92 Å². The van der Waals surface area contributed by atoms with Gasteiger partial charge in [0.2, 0.25) is 0 Å². The first-order valence-corrected chi connectivity index (χ1v) is 5.30. The van der Waals surface area contributed by atoms with Gasteiger partial charge >= 0.3 is 0 Å². The van der Waals surface area contributed by atoms with Crippen LogP contribution in [0.3, 0.4) is 0 Å². The molecule has 1 aliphatic carbocycles. The zero-order valence-electron chi connectivity index (χ0n) is 8.85. The number of rotatable bonds is 3. The lowest BCUT2D eigenvalue weighted by Gasteiger charge is -2.34. The largest absolute Gasteiger partial charge is 0.322 e. The summed E-state index contributed by atoms with van der Waals surface area (Å²) in [7, 11) is 1.87. The van der Waals surface area contributed by atoms with Gasteiger partial charge in [0.25, 0.3) is 0 Å². The minimum Gasteiger partial charge on any atom is -0.322 e. The zero-order chi connectivity index (χ0) is 10.1. The number of hydrogen-bond acceptors (Lipinski definition) is 3. The Balaban J connectivity index is 2.03. The van der Waals surface area contributed by atoms with E-state index < -0.39 is 0 Å². The Morgan fingerprint density at radius 2 is 2.29 bits per heavy atom. The molecule has 1 fully saturated rings. The second kappa shape index (κ2) is 3.69. The molecule has 2 rings (SSSR count). The van der Waals surface area contributed by atoms with Crippen molar-refractivity contribution in [2.24, 2.45) is 24.6 Å². The van der Waals surface area contributed by atoms with E-state index in [0.717, 1.165) is 11.6 Å². The van der Waals surface area contributed by atoms with Crippen LogP contribution in [0.2, 0.25) is 0 Å². The van der Waals surface area contributed by atoms with Crippen molar-refractivity contribution in [1.82, 2.24) is 15.0 Å². The minimum absolute atomic E-state index is 0.0500. The smallest absolute Gasteiger partial charge is 0.0996 e. The molecule has 2 unspecified atom stereocenters.